The second-order valence-electron chi connectivity index (χ2n) is 3.67. The average Bonchev–Trinajstić information content (AvgIpc) is 2.25. The summed E-state index contributed by atoms with van der Waals surface area (Å²) in [4.78, 5) is 11.0. The third-order valence-electron chi connectivity index (χ3n) is 2.31. The van der Waals surface area contributed by atoms with E-state index >= 15 is 0 Å². The maximum Gasteiger partial charge on any atom is 0.258 e. The lowest BCUT2D eigenvalue weighted by atomic mass is 10.1. The van der Waals surface area contributed by atoms with Gasteiger partial charge in [-0.2, -0.15) is 0 Å². The number of carbonyl (C=O) groups excluding carboxylic acids is 1. The van der Waals surface area contributed by atoms with Crippen LogP contribution in [0.5, 0.6) is 5.75 Å². The predicted octanol–water partition coefficient (Wildman–Crippen LogP) is 1.38. The molecule has 0 saturated carbocycles. The van der Waals surface area contributed by atoms with E-state index in [1.54, 1.807) is 31.2 Å². The van der Waals surface area contributed by atoms with Crippen LogP contribution in [0.1, 0.15) is 31.9 Å². The zero-order chi connectivity index (χ0) is 12.1. The molecular formula is C12H17NO3. The van der Waals surface area contributed by atoms with E-state index in [0.29, 0.717) is 12.2 Å². The van der Waals surface area contributed by atoms with Crippen molar-refractivity contribution in [2.75, 3.05) is 0 Å². The van der Waals surface area contributed by atoms with Crippen LogP contribution in [-0.2, 0) is 4.79 Å². The monoisotopic (exact) mass is 223 g/mol. The summed E-state index contributed by atoms with van der Waals surface area (Å²) in [6, 6.07) is 7.00. The maximum atomic E-state index is 11.0. The summed E-state index contributed by atoms with van der Waals surface area (Å²) < 4.78 is 5.43. The second kappa shape index (κ2) is 5.51. The average molecular weight is 223 g/mol. The van der Waals surface area contributed by atoms with Gasteiger partial charge < -0.3 is 15.6 Å². The fourth-order valence-corrected chi connectivity index (χ4v) is 1.35. The number of aliphatic hydroxyl groups excluding tert-OH is 1. The van der Waals surface area contributed by atoms with E-state index < -0.39 is 18.1 Å². The van der Waals surface area contributed by atoms with E-state index in [1.165, 1.54) is 0 Å². The van der Waals surface area contributed by atoms with Gasteiger partial charge in [-0.15, -0.1) is 0 Å². The van der Waals surface area contributed by atoms with Crippen LogP contribution in [0.25, 0.3) is 0 Å². The number of aliphatic hydroxyl groups is 1. The van der Waals surface area contributed by atoms with Crippen LogP contribution >= 0.6 is 0 Å². The molecule has 4 nitrogen and oxygen atoms in total. The van der Waals surface area contributed by atoms with Crippen LogP contribution in [0.3, 0.4) is 0 Å². The smallest absolute Gasteiger partial charge is 0.258 e. The Morgan fingerprint density at radius 3 is 2.75 bits per heavy atom. The molecule has 0 fully saturated rings. The van der Waals surface area contributed by atoms with Gasteiger partial charge in [-0.05, 0) is 31.0 Å². The molecule has 0 spiro atoms. The molecule has 1 aromatic carbocycles. The Morgan fingerprint density at radius 2 is 2.25 bits per heavy atom. The highest BCUT2D eigenvalue weighted by Gasteiger charge is 2.14. The van der Waals surface area contributed by atoms with Crippen molar-refractivity contribution in [1.82, 2.24) is 0 Å². The molecule has 1 rings (SSSR count). The molecule has 0 bridgehead atoms. The van der Waals surface area contributed by atoms with Crippen molar-refractivity contribution >= 4 is 5.91 Å². The first-order valence-corrected chi connectivity index (χ1v) is 5.28. The zero-order valence-electron chi connectivity index (χ0n) is 9.51. The summed E-state index contributed by atoms with van der Waals surface area (Å²) in [5.74, 6) is 0.0639. The zero-order valence-corrected chi connectivity index (χ0v) is 9.51. The topological polar surface area (TPSA) is 72.6 Å². The van der Waals surface area contributed by atoms with E-state index in [-0.39, 0.29) is 0 Å². The maximum absolute atomic E-state index is 11.0. The molecule has 0 aliphatic heterocycles. The van der Waals surface area contributed by atoms with Crippen molar-refractivity contribution in [3.63, 3.8) is 0 Å². The number of rotatable bonds is 5. The van der Waals surface area contributed by atoms with E-state index in [4.69, 9.17) is 10.5 Å². The summed E-state index contributed by atoms with van der Waals surface area (Å²) in [5.41, 5.74) is 5.93. The predicted molar refractivity (Wildman–Crippen MR) is 61.0 cm³/mol. The van der Waals surface area contributed by atoms with Gasteiger partial charge in [0, 0.05) is 0 Å². The molecule has 0 saturated heterocycles. The highest BCUT2D eigenvalue weighted by Crippen LogP contribution is 2.20. The quantitative estimate of drug-likeness (QED) is 0.792. The van der Waals surface area contributed by atoms with Gasteiger partial charge in [0.05, 0.1) is 6.10 Å². The van der Waals surface area contributed by atoms with Gasteiger partial charge in [0.25, 0.3) is 5.91 Å². The van der Waals surface area contributed by atoms with Crippen LogP contribution in [0.4, 0.5) is 0 Å². The lowest BCUT2D eigenvalue weighted by Crippen LogP contribution is -2.32. The van der Waals surface area contributed by atoms with Gasteiger partial charge >= 0.3 is 0 Å². The molecule has 0 heterocycles. The number of hydrogen-bond donors (Lipinski definition) is 2. The molecule has 3 N–H and O–H groups in total. The third kappa shape index (κ3) is 3.24. The highest BCUT2D eigenvalue weighted by atomic mass is 16.5. The number of primary amides is 1. The lowest BCUT2D eigenvalue weighted by molar-refractivity contribution is -0.124. The fourth-order valence-electron chi connectivity index (χ4n) is 1.35. The summed E-state index contributed by atoms with van der Waals surface area (Å²) >= 11 is 0. The molecule has 1 unspecified atom stereocenters. The second-order valence-corrected chi connectivity index (χ2v) is 3.67. The molecule has 0 aromatic heterocycles. The van der Waals surface area contributed by atoms with Crippen LogP contribution in [0, 0.1) is 0 Å². The summed E-state index contributed by atoms with van der Waals surface area (Å²) in [7, 11) is 0. The Hall–Kier alpha value is -1.55. The SMILES string of the molecule is CCC(Oc1cccc([C@H](C)O)c1)C(N)=O. The van der Waals surface area contributed by atoms with E-state index in [9.17, 15) is 9.90 Å². The molecule has 88 valence electrons. The highest BCUT2D eigenvalue weighted by molar-refractivity contribution is 5.79. The minimum atomic E-state index is -0.621. The third-order valence-corrected chi connectivity index (χ3v) is 2.31. The number of hydrogen-bond acceptors (Lipinski definition) is 3. The van der Waals surface area contributed by atoms with Gasteiger partial charge in [0.15, 0.2) is 6.10 Å². The molecule has 0 aliphatic rings. The van der Waals surface area contributed by atoms with Crippen LogP contribution in [0.2, 0.25) is 0 Å². The summed E-state index contributed by atoms with van der Waals surface area (Å²) in [5, 5.41) is 9.40. The number of ether oxygens (including phenoxy) is 1. The van der Waals surface area contributed by atoms with E-state index in [2.05, 4.69) is 0 Å². The first-order chi connectivity index (χ1) is 7.54. The van der Waals surface area contributed by atoms with Crippen molar-refractivity contribution in [2.45, 2.75) is 32.5 Å². The van der Waals surface area contributed by atoms with Crippen molar-refractivity contribution in [2.24, 2.45) is 5.73 Å². The Balaban J connectivity index is 2.80. The van der Waals surface area contributed by atoms with Crippen LogP contribution in [-0.4, -0.2) is 17.1 Å². The van der Waals surface area contributed by atoms with Crippen molar-refractivity contribution in [1.29, 1.82) is 0 Å². The van der Waals surface area contributed by atoms with Crippen molar-refractivity contribution in [3.05, 3.63) is 29.8 Å². The summed E-state index contributed by atoms with van der Waals surface area (Å²) in [6.45, 7) is 3.50. The molecule has 1 amide bonds. The first-order valence-electron chi connectivity index (χ1n) is 5.28. The standard InChI is InChI=1S/C12H17NO3/c1-3-11(12(13)15)16-10-6-4-5-9(7-10)8(2)14/h4-8,11,14H,3H2,1-2H3,(H2,13,15)/t8-,11?/m0/s1. The molecule has 16 heavy (non-hydrogen) atoms. The van der Waals surface area contributed by atoms with Gasteiger partial charge in [0.2, 0.25) is 0 Å². The van der Waals surface area contributed by atoms with E-state index in [1.807, 2.05) is 6.92 Å². The molecule has 1 aromatic rings. The minimum Gasteiger partial charge on any atom is -0.481 e. The first kappa shape index (κ1) is 12.5. The molecule has 0 radical (unpaired) electrons. The Kier molecular flexibility index (Phi) is 4.31. The minimum absolute atomic E-state index is 0.482. The van der Waals surface area contributed by atoms with Gasteiger partial charge in [-0.3, -0.25) is 4.79 Å². The molecule has 4 heteroatoms. The molecule has 2 atom stereocenters. The van der Waals surface area contributed by atoms with Gasteiger partial charge in [-0.1, -0.05) is 19.1 Å². The molecule has 0 aliphatic carbocycles. The van der Waals surface area contributed by atoms with Crippen molar-refractivity contribution < 1.29 is 14.6 Å². The van der Waals surface area contributed by atoms with Crippen LogP contribution < -0.4 is 10.5 Å². The Bertz CT molecular complexity index is 363. The molecular weight excluding hydrogens is 206 g/mol. The lowest BCUT2D eigenvalue weighted by Gasteiger charge is -2.15. The number of amides is 1. The van der Waals surface area contributed by atoms with E-state index in [0.717, 1.165) is 5.56 Å². The Morgan fingerprint density at radius 1 is 1.56 bits per heavy atom. The largest absolute Gasteiger partial charge is 0.481 e. The van der Waals surface area contributed by atoms with Crippen molar-refractivity contribution in [3.8, 4) is 5.75 Å². The number of benzene rings is 1. The number of nitrogens with two attached hydrogens (primary N) is 1. The number of carbonyl (C=O) groups is 1. The van der Waals surface area contributed by atoms with Gasteiger partial charge in [0.1, 0.15) is 5.75 Å². The Labute approximate surface area is 95.0 Å². The van der Waals surface area contributed by atoms with Gasteiger partial charge in [-0.25, -0.2) is 0 Å². The normalized spacial score (nSPS) is 14.2. The summed E-state index contributed by atoms with van der Waals surface area (Å²) in [6.07, 6.45) is -0.657. The van der Waals surface area contributed by atoms with Crippen LogP contribution in [0.15, 0.2) is 24.3 Å². The fraction of sp³-hybridized carbons (Fsp3) is 0.417.